The Morgan fingerprint density at radius 2 is 1.95 bits per heavy atom. The zero-order chi connectivity index (χ0) is 13.7. The van der Waals surface area contributed by atoms with E-state index in [0.29, 0.717) is 11.6 Å². The fourth-order valence-corrected chi connectivity index (χ4v) is 1.52. The molecule has 0 aliphatic rings. The topological polar surface area (TPSA) is 64.5 Å². The van der Waals surface area contributed by atoms with Gasteiger partial charge in [-0.2, -0.15) is 0 Å². The molecule has 1 heterocycles. The van der Waals surface area contributed by atoms with E-state index in [9.17, 15) is 0 Å². The average Bonchev–Trinajstić information content (AvgIpc) is 2.45. The fourth-order valence-electron chi connectivity index (χ4n) is 1.52. The second kappa shape index (κ2) is 6.15. The maximum atomic E-state index is 9.12. The summed E-state index contributed by atoms with van der Waals surface area (Å²) in [5, 5.41) is 9.12. The van der Waals surface area contributed by atoms with E-state index < -0.39 is 6.10 Å². The molecule has 0 aliphatic carbocycles. The lowest BCUT2D eigenvalue weighted by Gasteiger charge is -2.08. The van der Waals surface area contributed by atoms with Crippen LogP contribution in [0.15, 0.2) is 36.7 Å². The predicted octanol–water partition coefficient (Wildman–Crippen LogP) is 1.91. The molecular weight excluding hydrogens is 244 g/mol. The number of nitrogens with zero attached hydrogens (tertiary/aromatic N) is 2. The van der Waals surface area contributed by atoms with Crippen molar-refractivity contribution in [3.63, 3.8) is 0 Å². The Kier molecular flexibility index (Phi) is 4.30. The molecule has 0 aliphatic heterocycles. The number of rotatable bonds is 5. The van der Waals surface area contributed by atoms with Gasteiger partial charge in [-0.25, -0.2) is 9.97 Å². The first-order valence-corrected chi connectivity index (χ1v) is 5.96. The molecule has 2 aromatic rings. The van der Waals surface area contributed by atoms with E-state index in [1.165, 1.54) is 0 Å². The molecular formula is C14H16N2O3. The van der Waals surface area contributed by atoms with Crippen LogP contribution in [0.25, 0.3) is 11.4 Å². The highest BCUT2D eigenvalue weighted by atomic mass is 16.5. The highest BCUT2D eigenvalue weighted by Crippen LogP contribution is 2.21. The van der Waals surface area contributed by atoms with Crippen LogP contribution < -0.4 is 9.47 Å². The van der Waals surface area contributed by atoms with E-state index in [0.717, 1.165) is 11.3 Å². The monoisotopic (exact) mass is 260 g/mol. The molecule has 0 saturated carbocycles. The maximum absolute atomic E-state index is 9.12. The molecule has 5 heteroatoms. The van der Waals surface area contributed by atoms with Crippen molar-refractivity contribution in [2.24, 2.45) is 0 Å². The van der Waals surface area contributed by atoms with E-state index in [2.05, 4.69) is 9.97 Å². The molecule has 2 rings (SSSR count). The van der Waals surface area contributed by atoms with Gasteiger partial charge >= 0.3 is 0 Å². The number of aromatic nitrogens is 2. The number of methoxy groups -OCH3 is 1. The number of hydrogen-bond donors (Lipinski definition) is 1. The van der Waals surface area contributed by atoms with Crippen molar-refractivity contribution < 1.29 is 14.6 Å². The van der Waals surface area contributed by atoms with Crippen molar-refractivity contribution in [2.75, 3.05) is 13.7 Å². The van der Waals surface area contributed by atoms with Crippen molar-refractivity contribution in [1.29, 1.82) is 0 Å². The van der Waals surface area contributed by atoms with E-state index in [-0.39, 0.29) is 6.61 Å². The van der Waals surface area contributed by atoms with Gasteiger partial charge in [-0.1, -0.05) is 12.1 Å². The lowest BCUT2D eigenvalue weighted by atomic mass is 10.2. The molecule has 1 aromatic heterocycles. The molecule has 1 aromatic carbocycles. The Labute approximate surface area is 111 Å². The molecule has 0 spiro atoms. The molecule has 5 nitrogen and oxygen atoms in total. The minimum atomic E-state index is -0.516. The second-order valence-electron chi connectivity index (χ2n) is 4.13. The van der Waals surface area contributed by atoms with Gasteiger partial charge in [0, 0.05) is 5.56 Å². The van der Waals surface area contributed by atoms with Crippen LogP contribution in [0.5, 0.6) is 11.5 Å². The molecule has 1 N–H and O–H groups in total. The Bertz CT molecular complexity index is 526. The van der Waals surface area contributed by atoms with Crippen molar-refractivity contribution in [3.05, 3.63) is 36.7 Å². The van der Waals surface area contributed by atoms with E-state index in [1.807, 2.05) is 24.3 Å². The average molecular weight is 260 g/mol. The SMILES string of the molecule is COc1cccc(-c2ncc(OCC(C)O)cn2)c1. The van der Waals surface area contributed by atoms with Gasteiger partial charge in [0.1, 0.15) is 12.4 Å². The minimum Gasteiger partial charge on any atom is -0.497 e. The predicted molar refractivity (Wildman–Crippen MR) is 71.2 cm³/mol. The van der Waals surface area contributed by atoms with E-state index in [4.69, 9.17) is 14.6 Å². The molecule has 19 heavy (non-hydrogen) atoms. The van der Waals surface area contributed by atoms with Gasteiger partial charge in [0.05, 0.1) is 25.6 Å². The smallest absolute Gasteiger partial charge is 0.159 e. The summed E-state index contributed by atoms with van der Waals surface area (Å²) in [5.74, 6) is 1.89. The summed E-state index contributed by atoms with van der Waals surface area (Å²) in [7, 11) is 1.62. The van der Waals surface area contributed by atoms with E-state index in [1.54, 1.807) is 26.4 Å². The first-order chi connectivity index (χ1) is 9.19. The van der Waals surface area contributed by atoms with Gasteiger partial charge in [0.2, 0.25) is 0 Å². The highest BCUT2D eigenvalue weighted by Gasteiger charge is 2.04. The van der Waals surface area contributed by atoms with Gasteiger partial charge in [0.25, 0.3) is 0 Å². The number of hydrogen-bond acceptors (Lipinski definition) is 5. The zero-order valence-electron chi connectivity index (χ0n) is 10.9. The fraction of sp³-hybridized carbons (Fsp3) is 0.286. The van der Waals surface area contributed by atoms with Crippen molar-refractivity contribution >= 4 is 0 Å². The standard InChI is InChI=1S/C14H16N2O3/c1-10(17)9-19-13-7-15-14(16-8-13)11-4-3-5-12(6-11)18-2/h3-8,10,17H,9H2,1-2H3. The summed E-state index contributed by atoms with van der Waals surface area (Å²) < 4.78 is 10.5. The lowest BCUT2D eigenvalue weighted by Crippen LogP contribution is -2.13. The summed E-state index contributed by atoms with van der Waals surface area (Å²) in [5.41, 5.74) is 0.876. The molecule has 0 fully saturated rings. The van der Waals surface area contributed by atoms with Crippen molar-refractivity contribution in [2.45, 2.75) is 13.0 Å². The molecule has 1 atom stereocenters. The lowest BCUT2D eigenvalue weighted by molar-refractivity contribution is 0.122. The number of aliphatic hydroxyl groups excluding tert-OH is 1. The van der Waals surface area contributed by atoms with Crippen LogP contribution in [0, 0.1) is 0 Å². The van der Waals surface area contributed by atoms with Gasteiger partial charge in [0.15, 0.2) is 11.6 Å². The normalized spacial score (nSPS) is 11.9. The third kappa shape index (κ3) is 3.66. The number of benzene rings is 1. The van der Waals surface area contributed by atoms with Crippen molar-refractivity contribution in [1.82, 2.24) is 9.97 Å². The number of ether oxygens (including phenoxy) is 2. The zero-order valence-corrected chi connectivity index (χ0v) is 10.9. The van der Waals surface area contributed by atoms with Gasteiger partial charge < -0.3 is 14.6 Å². The maximum Gasteiger partial charge on any atom is 0.159 e. The van der Waals surface area contributed by atoms with Gasteiger partial charge in [-0.05, 0) is 19.1 Å². The molecule has 0 radical (unpaired) electrons. The molecule has 1 unspecified atom stereocenters. The van der Waals surface area contributed by atoms with Crippen LogP contribution >= 0.6 is 0 Å². The third-order valence-corrected chi connectivity index (χ3v) is 2.45. The summed E-state index contributed by atoms with van der Waals surface area (Å²) in [4.78, 5) is 8.46. The number of aliphatic hydroxyl groups is 1. The van der Waals surface area contributed by atoms with Crippen LogP contribution in [0.1, 0.15) is 6.92 Å². The quantitative estimate of drug-likeness (QED) is 0.889. The Morgan fingerprint density at radius 1 is 1.21 bits per heavy atom. The summed E-state index contributed by atoms with van der Waals surface area (Å²) in [6.45, 7) is 1.88. The second-order valence-corrected chi connectivity index (χ2v) is 4.13. The van der Waals surface area contributed by atoms with E-state index >= 15 is 0 Å². The first kappa shape index (κ1) is 13.3. The van der Waals surface area contributed by atoms with Crippen LogP contribution in [0.4, 0.5) is 0 Å². The largest absolute Gasteiger partial charge is 0.497 e. The first-order valence-electron chi connectivity index (χ1n) is 5.96. The third-order valence-electron chi connectivity index (χ3n) is 2.45. The Morgan fingerprint density at radius 3 is 2.58 bits per heavy atom. The minimum absolute atomic E-state index is 0.224. The van der Waals surface area contributed by atoms with Crippen LogP contribution in [0.3, 0.4) is 0 Å². The van der Waals surface area contributed by atoms with Gasteiger partial charge in [-0.15, -0.1) is 0 Å². The molecule has 0 bridgehead atoms. The highest BCUT2D eigenvalue weighted by molar-refractivity contribution is 5.57. The van der Waals surface area contributed by atoms with Crippen LogP contribution in [0.2, 0.25) is 0 Å². The Hall–Kier alpha value is -2.14. The van der Waals surface area contributed by atoms with Crippen LogP contribution in [-0.4, -0.2) is 34.9 Å². The van der Waals surface area contributed by atoms with Gasteiger partial charge in [-0.3, -0.25) is 0 Å². The van der Waals surface area contributed by atoms with Crippen LogP contribution in [-0.2, 0) is 0 Å². The van der Waals surface area contributed by atoms with Crippen molar-refractivity contribution in [3.8, 4) is 22.9 Å². The summed E-state index contributed by atoms with van der Waals surface area (Å²) in [6.07, 6.45) is 2.66. The summed E-state index contributed by atoms with van der Waals surface area (Å²) >= 11 is 0. The molecule has 0 saturated heterocycles. The molecule has 0 amide bonds. The Balaban J connectivity index is 2.13. The summed E-state index contributed by atoms with van der Waals surface area (Å²) in [6, 6.07) is 7.53. The molecule has 100 valence electrons.